The number of carbonyl (C=O) groups excluding carboxylic acids is 1. The number of aliphatic hydroxyl groups is 1. The van der Waals surface area contributed by atoms with E-state index in [-0.39, 0.29) is 18.5 Å². The van der Waals surface area contributed by atoms with Crippen LogP contribution >= 0.6 is 0 Å². The number of hydrogen-bond acceptors (Lipinski definition) is 4. The molecule has 0 amide bonds. The van der Waals surface area contributed by atoms with Gasteiger partial charge in [-0.1, -0.05) is 36.8 Å². The lowest BCUT2D eigenvalue weighted by molar-refractivity contribution is -0.143. The van der Waals surface area contributed by atoms with E-state index in [2.05, 4.69) is 4.90 Å². The Hall–Kier alpha value is -1.39. The quantitative estimate of drug-likeness (QED) is 0.772. The zero-order valence-electron chi connectivity index (χ0n) is 12.0. The van der Waals surface area contributed by atoms with Crippen LogP contribution in [0.3, 0.4) is 0 Å². The summed E-state index contributed by atoms with van der Waals surface area (Å²) in [5, 5.41) is 9.23. The molecule has 1 aliphatic carbocycles. The van der Waals surface area contributed by atoms with Crippen LogP contribution in [0, 0.1) is 0 Å². The Morgan fingerprint density at radius 2 is 2.10 bits per heavy atom. The second-order valence-electron chi connectivity index (χ2n) is 5.29. The van der Waals surface area contributed by atoms with Crippen LogP contribution < -0.4 is 0 Å². The van der Waals surface area contributed by atoms with Crippen molar-refractivity contribution in [3.05, 3.63) is 35.9 Å². The normalized spacial score (nSPS) is 16.8. The number of aliphatic hydroxyl groups excluding tert-OH is 1. The molecule has 1 aromatic rings. The van der Waals surface area contributed by atoms with Gasteiger partial charge in [-0.05, 0) is 18.4 Å². The molecule has 0 saturated heterocycles. The SMILES string of the molecule is COC(=O)C(CN(CCO)C1CCC1)c1ccccc1. The van der Waals surface area contributed by atoms with Gasteiger partial charge in [0.15, 0.2) is 0 Å². The maximum absolute atomic E-state index is 12.1. The summed E-state index contributed by atoms with van der Waals surface area (Å²) in [4.78, 5) is 14.3. The Bertz CT molecular complexity index is 417. The van der Waals surface area contributed by atoms with E-state index in [9.17, 15) is 9.90 Å². The van der Waals surface area contributed by atoms with Gasteiger partial charge in [-0.3, -0.25) is 9.69 Å². The van der Waals surface area contributed by atoms with Crippen LogP contribution in [-0.2, 0) is 9.53 Å². The van der Waals surface area contributed by atoms with Crippen molar-refractivity contribution < 1.29 is 14.6 Å². The van der Waals surface area contributed by atoms with Crippen molar-refractivity contribution in [1.29, 1.82) is 0 Å². The molecule has 0 heterocycles. The number of ether oxygens (including phenoxy) is 1. The lowest BCUT2D eigenvalue weighted by atomic mass is 9.89. The fourth-order valence-corrected chi connectivity index (χ4v) is 2.68. The Kier molecular flexibility index (Phi) is 5.56. The first-order valence-electron chi connectivity index (χ1n) is 7.24. The van der Waals surface area contributed by atoms with Crippen molar-refractivity contribution in [1.82, 2.24) is 4.90 Å². The Balaban J connectivity index is 2.11. The van der Waals surface area contributed by atoms with E-state index in [1.807, 2.05) is 30.3 Å². The molecular formula is C16H23NO3. The van der Waals surface area contributed by atoms with Crippen LogP contribution in [0.1, 0.15) is 30.7 Å². The Morgan fingerprint density at radius 3 is 2.60 bits per heavy atom. The molecule has 110 valence electrons. The summed E-state index contributed by atoms with van der Waals surface area (Å²) in [7, 11) is 1.43. The van der Waals surface area contributed by atoms with Gasteiger partial charge >= 0.3 is 5.97 Å². The van der Waals surface area contributed by atoms with Crippen LogP contribution in [0.15, 0.2) is 30.3 Å². The lowest BCUT2D eigenvalue weighted by Gasteiger charge is -2.38. The van der Waals surface area contributed by atoms with Crippen molar-refractivity contribution >= 4 is 5.97 Å². The van der Waals surface area contributed by atoms with Crippen LogP contribution in [0.2, 0.25) is 0 Å². The molecule has 1 aromatic carbocycles. The molecule has 20 heavy (non-hydrogen) atoms. The molecular weight excluding hydrogens is 254 g/mol. The molecule has 4 heteroatoms. The predicted octanol–water partition coefficient (Wildman–Crippen LogP) is 1.79. The topological polar surface area (TPSA) is 49.8 Å². The zero-order chi connectivity index (χ0) is 14.4. The predicted molar refractivity (Wildman–Crippen MR) is 77.5 cm³/mol. The van der Waals surface area contributed by atoms with Gasteiger partial charge in [0.2, 0.25) is 0 Å². The highest BCUT2D eigenvalue weighted by molar-refractivity contribution is 5.78. The number of nitrogens with zero attached hydrogens (tertiary/aromatic N) is 1. The third kappa shape index (κ3) is 3.58. The van der Waals surface area contributed by atoms with Gasteiger partial charge in [0, 0.05) is 19.1 Å². The molecule has 2 rings (SSSR count). The molecule has 1 aliphatic rings. The van der Waals surface area contributed by atoms with Gasteiger partial charge in [0.1, 0.15) is 0 Å². The van der Waals surface area contributed by atoms with Crippen LogP contribution in [0.25, 0.3) is 0 Å². The highest BCUT2D eigenvalue weighted by Crippen LogP contribution is 2.27. The zero-order valence-corrected chi connectivity index (χ0v) is 12.0. The van der Waals surface area contributed by atoms with Crippen LogP contribution in [-0.4, -0.2) is 48.8 Å². The minimum Gasteiger partial charge on any atom is -0.469 e. The van der Waals surface area contributed by atoms with E-state index >= 15 is 0 Å². The summed E-state index contributed by atoms with van der Waals surface area (Å²) in [6.45, 7) is 1.35. The molecule has 0 radical (unpaired) electrons. The van der Waals surface area contributed by atoms with Crippen LogP contribution in [0.5, 0.6) is 0 Å². The van der Waals surface area contributed by atoms with Gasteiger partial charge in [0.25, 0.3) is 0 Å². The van der Waals surface area contributed by atoms with Crippen molar-refractivity contribution in [3.63, 3.8) is 0 Å². The fourth-order valence-electron chi connectivity index (χ4n) is 2.68. The van der Waals surface area contributed by atoms with E-state index in [1.54, 1.807) is 0 Å². The molecule has 1 fully saturated rings. The number of methoxy groups -OCH3 is 1. The molecule has 0 aliphatic heterocycles. The summed E-state index contributed by atoms with van der Waals surface area (Å²) in [5.41, 5.74) is 0.974. The number of rotatable bonds is 7. The summed E-state index contributed by atoms with van der Waals surface area (Å²) in [6.07, 6.45) is 3.55. The monoisotopic (exact) mass is 277 g/mol. The number of esters is 1. The molecule has 1 N–H and O–H groups in total. The van der Waals surface area contributed by atoms with E-state index in [0.29, 0.717) is 19.1 Å². The van der Waals surface area contributed by atoms with E-state index in [1.165, 1.54) is 13.5 Å². The number of hydrogen-bond donors (Lipinski definition) is 1. The molecule has 0 spiro atoms. The highest BCUT2D eigenvalue weighted by Gasteiger charge is 2.30. The van der Waals surface area contributed by atoms with Gasteiger partial charge in [-0.15, -0.1) is 0 Å². The minimum absolute atomic E-state index is 0.124. The number of benzene rings is 1. The average Bonchev–Trinajstić information content (AvgIpc) is 2.43. The molecule has 0 bridgehead atoms. The Labute approximate surface area is 120 Å². The maximum atomic E-state index is 12.1. The minimum atomic E-state index is -0.284. The van der Waals surface area contributed by atoms with Gasteiger partial charge in [0.05, 0.1) is 19.6 Å². The first-order chi connectivity index (χ1) is 9.76. The highest BCUT2D eigenvalue weighted by atomic mass is 16.5. The summed E-state index contributed by atoms with van der Waals surface area (Å²) in [6, 6.07) is 10.2. The van der Waals surface area contributed by atoms with E-state index in [4.69, 9.17) is 4.74 Å². The first-order valence-corrected chi connectivity index (χ1v) is 7.24. The second kappa shape index (κ2) is 7.41. The molecule has 4 nitrogen and oxygen atoms in total. The van der Waals surface area contributed by atoms with Crippen molar-refractivity contribution in [2.45, 2.75) is 31.2 Å². The Morgan fingerprint density at radius 1 is 1.40 bits per heavy atom. The van der Waals surface area contributed by atoms with Crippen LogP contribution in [0.4, 0.5) is 0 Å². The van der Waals surface area contributed by atoms with Gasteiger partial charge in [-0.25, -0.2) is 0 Å². The summed E-state index contributed by atoms with van der Waals surface area (Å²) >= 11 is 0. The molecule has 1 saturated carbocycles. The van der Waals surface area contributed by atoms with Gasteiger partial charge in [-0.2, -0.15) is 0 Å². The van der Waals surface area contributed by atoms with Gasteiger partial charge < -0.3 is 9.84 Å². The fraction of sp³-hybridized carbons (Fsp3) is 0.562. The largest absolute Gasteiger partial charge is 0.469 e. The second-order valence-corrected chi connectivity index (χ2v) is 5.29. The smallest absolute Gasteiger partial charge is 0.314 e. The molecule has 0 aromatic heterocycles. The standard InChI is InChI=1S/C16H23NO3/c1-20-16(19)15(13-6-3-2-4-7-13)12-17(10-11-18)14-8-5-9-14/h2-4,6-7,14-15,18H,5,8-12H2,1H3. The molecule has 1 atom stereocenters. The lowest BCUT2D eigenvalue weighted by Crippen LogP contribution is -2.45. The van der Waals surface area contributed by atoms with E-state index in [0.717, 1.165) is 18.4 Å². The van der Waals surface area contributed by atoms with Crippen molar-refractivity contribution in [2.24, 2.45) is 0 Å². The third-order valence-corrected chi connectivity index (χ3v) is 4.08. The summed E-state index contributed by atoms with van der Waals surface area (Å²) < 4.78 is 4.95. The third-order valence-electron chi connectivity index (χ3n) is 4.08. The molecule has 1 unspecified atom stereocenters. The van der Waals surface area contributed by atoms with Crippen molar-refractivity contribution in [2.75, 3.05) is 26.8 Å². The first kappa shape index (κ1) is 15.0. The average molecular weight is 277 g/mol. The number of carbonyl (C=O) groups is 1. The maximum Gasteiger partial charge on any atom is 0.314 e. The van der Waals surface area contributed by atoms with Crippen molar-refractivity contribution in [3.8, 4) is 0 Å². The summed E-state index contributed by atoms with van der Waals surface area (Å²) in [5.74, 6) is -0.494. The van der Waals surface area contributed by atoms with E-state index < -0.39 is 0 Å².